The highest BCUT2D eigenvalue weighted by Crippen LogP contribution is 2.35. The van der Waals surface area contributed by atoms with Crippen LogP contribution in [0.5, 0.6) is 0 Å². The molecule has 2 aliphatic heterocycles. The van der Waals surface area contributed by atoms with Crippen molar-refractivity contribution in [1.29, 1.82) is 0 Å². The van der Waals surface area contributed by atoms with Crippen molar-refractivity contribution in [2.75, 3.05) is 13.1 Å². The largest absolute Gasteiger partial charge is 0.282 e. The maximum Gasteiger partial charge on any atom is 0.212 e. The van der Waals surface area contributed by atoms with Crippen molar-refractivity contribution >= 4 is 39.7 Å². The number of hydrogen-bond donors (Lipinski definition) is 0. The molecule has 0 amide bonds. The minimum absolute atomic E-state index is 0.247. The highest BCUT2D eigenvalue weighted by Gasteiger charge is 2.29. The average Bonchev–Trinajstić information content (AvgIpc) is 2.27. The molecule has 2 nitrogen and oxygen atoms in total. The number of nitrogens with zero attached hydrogens (tertiary/aromatic N) is 1. The number of fused-ring (bicyclic) bond motifs is 1. The van der Waals surface area contributed by atoms with Gasteiger partial charge in [0.25, 0.3) is 0 Å². The van der Waals surface area contributed by atoms with E-state index in [-0.39, 0.29) is 5.12 Å². The molecule has 0 aromatic carbocycles. The number of thioether (sulfide) groups is 1. The summed E-state index contributed by atoms with van der Waals surface area (Å²) < 4.78 is 2.24. The SMILES string of the molecule is O=C1C=C2CN(I)CCC2S1. The van der Waals surface area contributed by atoms with E-state index in [1.165, 1.54) is 17.3 Å². The van der Waals surface area contributed by atoms with Crippen LogP contribution in [0.1, 0.15) is 6.42 Å². The van der Waals surface area contributed by atoms with Crippen molar-refractivity contribution < 1.29 is 4.79 Å². The Morgan fingerprint density at radius 1 is 1.73 bits per heavy atom. The Balaban J connectivity index is 2.15. The van der Waals surface area contributed by atoms with E-state index in [9.17, 15) is 4.79 Å². The number of halogens is 1. The van der Waals surface area contributed by atoms with E-state index in [0.717, 1.165) is 19.5 Å². The van der Waals surface area contributed by atoms with Gasteiger partial charge in [0, 0.05) is 41.2 Å². The minimum atomic E-state index is 0.247. The zero-order chi connectivity index (χ0) is 7.84. The highest BCUT2D eigenvalue weighted by atomic mass is 127. The first-order valence-corrected chi connectivity index (χ1v) is 5.42. The molecular formula is C7H8INOS. The van der Waals surface area contributed by atoms with Crippen molar-refractivity contribution in [3.8, 4) is 0 Å². The Morgan fingerprint density at radius 3 is 3.36 bits per heavy atom. The summed E-state index contributed by atoms with van der Waals surface area (Å²) in [4.78, 5) is 11.0. The molecule has 1 fully saturated rings. The first-order valence-electron chi connectivity index (χ1n) is 3.57. The minimum Gasteiger partial charge on any atom is -0.282 e. The number of rotatable bonds is 0. The van der Waals surface area contributed by atoms with Crippen LogP contribution in [0.2, 0.25) is 0 Å². The first kappa shape index (κ1) is 8.07. The summed E-state index contributed by atoms with van der Waals surface area (Å²) in [5.74, 6) is 0. The second-order valence-corrected chi connectivity index (χ2v) is 5.35. The Hall–Kier alpha value is 0.450. The number of carbonyl (C=O) groups excluding carboxylic acids is 1. The quantitative estimate of drug-likeness (QED) is 0.497. The van der Waals surface area contributed by atoms with Gasteiger partial charge in [-0.3, -0.25) is 4.79 Å². The van der Waals surface area contributed by atoms with Crippen LogP contribution >= 0.6 is 34.6 Å². The van der Waals surface area contributed by atoms with Crippen molar-refractivity contribution in [2.24, 2.45) is 0 Å². The normalized spacial score (nSPS) is 31.9. The number of hydrogen-bond acceptors (Lipinski definition) is 3. The van der Waals surface area contributed by atoms with Gasteiger partial charge in [-0.1, -0.05) is 11.8 Å². The maximum absolute atomic E-state index is 11.0. The number of carbonyl (C=O) groups is 1. The van der Waals surface area contributed by atoms with Crippen molar-refractivity contribution in [2.45, 2.75) is 11.7 Å². The molecule has 0 aliphatic carbocycles. The highest BCUT2D eigenvalue weighted by molar-refractivity contribution is 14.1. The fourth-order valence-corrected chi connectivity index (χ4v) is 3.11. The van der Waals surface area contributed by atoms with Crippen LogP contribution in [0.15, 0.2) is 11.6 Å². The lowest BCUT2D eigenvalue weighted by Gasteiger charge is -2.25. The Labute approximate surface area is 83.9 Å². The summed E-state index contributed by atoms with van der Waals surface area (Å²) >= 11 is 3.80. The molecule has 2 rings (SSSR count). The molecule has 0 bridgehead atoms. The van der Waals surface area contributed by atoms with Crippen LogP contribution < -0.4 is 0 Å². The third-order valence-corrected chi connectivity index (χ3v) is 3.96. The predicted octanol–water partition coefficient (Wildman–Crippen LogP) is 1.61. The molecule has 2 heterocycles. The zero-order valence-electron chi connectivity index (χ0n) is 5.92. The van der Waals surface area contributed by atoms with Gasteiger partial charge in [0.1, 0.15) is 0 Å². The third kappa shape index (κ3) is 1.62. The van der Waals surface area contributed by atoms with Gasteiger partial charge in [-0.2, -0.15) is 0 Å². The van der Waals surface area contributed by atoms with Crippen molar-refractivity contribution in [3.05, 3.63) is 11.6 Å². The monoisotopic (exact) mass is 281 g/mol. The van der Waals surface area contributed by atoms with Crippen LogP contribution in [0.3, 0.4) is 0 Å². The van der Waals surface area contributed by atoms with Gasteiger partial charge < -0.3 is 0 Å². The Morgan fingerprint density at radius 2 is 2.55 bits per heavy atom. The van der Waals surface area contributed by atoms with Gasteiger partial charge in [0.05, 0.1) is 0 Å². The van der Waals surface area contributed by atoms with E-state index in [1.54, 1.807) is 6.08 Å². The van der Waals surface area contributed by atoms with Gasteiger partial charge in [-0.25, -0.2) is 3.11 Å². The van der Waals surface area contributed by atoms with Gasteiger partial charge in [0.2, 0.25) is 5.12 Å². The molecule has 0 spiro atoms. The topological polar surface area (TPSA) is 20.3 Å². The van der Waals surface area contributed by atoms with E-state index in [4.69, 9.17) is 0 Å². The zero-order valence-corrected chi connectivity index (χ0v) is 8.89. The van der Waals surface area contributed by atoms with Crippen LogP contribution in [0.4, 0.5) is 0 Å². The Bertz CT molecular complexity index is 228. The molecular weight excluding hydrogens is 273 g/mol. The summed E-state index contributed by atoms with van der Waals surface area (Å²) in [6.07, 6.45) is 2.94. The lowest BCUT2D eigenvalue weighted by molar-refractivity contribution is -0.106. The molecule has 1 unspecified atom stereocenters. The van der Waals surface area contributed by atoms with Crippen LogP contribution in [0.25, 0.3) is 0 Å². The molecule has 0 N–H and O–H groups in total. The molecule has 0 saturated carbocycles. The fourth-order valence-electron chi connectivity index (χ4n) is 1.42. The van der Waals surface area contributed by atoms with E-state index >= 15 is 0 Å². The molecule has 4 heteroatoms. The first-order chi connectivity index (χ1) is 5.25. The smallest absolute Gasteiger partial charge is 0.212 e. The third-order valence-electron chi connectivity index (χ3n) is 1.96. The molecule has 1 saturated heterocycles. The molecule has 60 valence electrons. The van der Waals surface area contributed by atoms with Gasteiger partial charge in [0.15, 0.2) is 0 Å². The predicted molar refractivity (Wildman–Crippen MR) is 54.7 cm³/mol. The van der Waals surface area contributed by atoms with E-state index in [0.29, 0.717) is 5.25 Å². The van der Waals surface area contributed by atoms with Gasteiger partial charge in [-0.05, 0) is 18.1 Å². The van der Waals surface area contributed by atoms with Crippen LogP contribution in [0, 0.1) is 0 Å². The molecule has 0 aromatic rings. The van der Waals surface area contributed by atoms with Crippen molar-refractivity contribution in [1.82, 2.24) is 3.11 Å². The van der Waals surface area contributed by atoms with Gasteiger partial charge >= 0.3 is 0 Å². The number of piperidine rings is 1. The summed E-state index contributed by atoms with van der Waals surface area (Å²) in [6.45, 7) is 2.09. The standard InChI is InChI=1S/C7H8INOS/c8-9-2-1-6-5(4-9)3-7(10)11-6/h3,6H,1-2,4H2. The molecule has 11 heavy (non-hydrogen) atoms. The fraction of sp³-hybridized carbons (Fsp3) is 0.571. The maximum atomic E-state index is 11.0. The van der Waals surface area contributed by atoms with Gasteiger partial charge in [-0.15, -0.1) is 0 Å². The van der Waals surface area contributed by atoms with E-state index in [2.05, 4.69) is 26.0 Å². The van der Waals surface area contributed by atoms with E-state index < -0.39 is 0 Å². The summed E-state index contributed by atoms with van der Waals surface area (Å²) in [7, 11) is 0. The molecule has 1 atom stereocenters. The summed E-state index contributed by atoms with van der Waals surface area (Å²) in [6, 6.07) is 0. The molecule has 0 radical (unpaired) electrons. The van der Waals surface area contributed by atoms with Crippen LogP contribution in [-0.4, -0.2) is 26.6 Å². The average molecular weight is 281 g/mol. The lowest BCUT2D eigenvalue weighted by atomic mass is 10.1. The summed E-state index contributed by atoms with van der Waals surface area (Å²) in [5, 5.41) is 0.755. The van der Waals surface area contributed by atoms with E-state index in [1.807, 2.05) is 0 Å². The molecule has 2 aliphatic rings. The van der Waals surface area contributed by atoms with Crippen LogP contribution in [-0.2, 0) is 4.79 Å². The lowest BCUT2D eigenvalue weighted by Crippen LogP contribution is -2.28. The molecule has 0 aromatic heterocycles. The Kier molecular flexibility index (Phi) is 2.25. The summed E-state index contributed by atoms with van der Waals surface area (Å²) in [5.41, 5.74) is 1.32. The van der Waals surface area contributed by atoms with Crippen molar-refractivity contribution in [3.63, 3.8) is 0 Å². The second kappa shape index (κ2) is 3.06. The second-order valence-electron chi connectivity index (χ2n) is 2.78.